The molecular weight excluding hydrogens is 185 g/mol. The quantitative estimate of drug-likeness (QED) is 0.690. The third kappa shape index (κ3) is 4.49. The summed E-state index contributed by atoms with van der Waals surface area (Å²) in [6.07, 6.45) is 5.70. The second-order valence-corrected chi connectivity index (χ2v) is 2.74. The molecule has 0 aromatic carbocycles. The molecule has 1 saturated carbocycles. The molecule has 4 heteroatoms. The maximum absolute atomic E-state index is 10.6. The molecule has 2 nitrogen and oxygen atoms in total. The standard InChI is InChI=1S/C7H13NO.2ClH/c8-7(9)6-4-2-1-3-5-6;;/h6H,1-5H2,(H2,8,9);2*1H. The molecule has 0 bridgehead atoms. The van der Waals surface area contributed by atoms with Gasteiger partial charge >= 0.3 is 0 Å². The molecule has 0 unspecified atom stereocenters. The topological polar surface area (TPSA) is 43.1 Å². The van der Waals surface area contributed by atoms with Crippen molar-refractivity contribution in [2.45, 2.75) is 32.1 Å². The summed E-state index contributed by atoms with van der Waals surface area (Å²) in [7, 11) is 0. The van der Waals surface area contributed by atoms with Crippen molar-refractivity contribution in [1.29, 1.82) is 0 Å². The third-order valence-electron chi connectivity index (χ3n) is 2.01. The Hall–Kier alpha value is 0.0500. The van der Waals surface area contributed by atoms with Crippen molar-refractivity contribution in [2.24, 2.45) is 11.7 Å². The first-order valence-electron chi connectivity index (χ1n) is 3.60. The Bertz CT molecular complexity index is 113. The first-order chi connectivity index (χ1) is 4.30. The van der Waals surface area contributed by atoms with Gasteiger partial charge in [0.25, 0.3) is 0 Å². The number of nitrogens with two attached hydrogens (primary N) is 1. The molecule has 11 heavy (non-hydrogen) atoms. The van der Waals surface area contributed by atoms with Gasteiger partial charge in [0.05, 0.1) is 0 Å². The zero-order valence-corrected chi connectivity index (χ0v) is 8.05. The van der Waals surface area contributed by atoms with Crippen LogP contribution in [0.15, 0.2) is 0 Å². The largest absolute Gasteiger partial charge is 0.369 e. The number of carbonyl (C=O) groups is 1. The summed E-state index contributed by atoms with van der Waals surface area (Å²) in [6, 6.07) is 0. The minimum atomic E-state index is -0.102. The van der Waals surface area contributed by atoms with Crippen molar-refractivity contribution in [3.63, 3.8) is 0 Å². The molecule has 1 rings (SSSR count). The third-order valence-corrected chi connectivity index (χ3v) is 2.01. The van der Waals surface area contributed by atoms with Crippen LogP contribution in [-0.4, -0.2) is 5.91 Å². The van der Waals surface area contributed by atoms with Crippen LogP contribution in [0.3, 0.4) is 0 Å². The Morgan fingerprint density at radius 1 is 1.09 bits per heavy atom. The predicted octanol–water partition coefficient (Wildman–Crippen LogP) is 1.90. The van der Waals surface area contributed by atoms with Crippen molar-refractivity contribution >= 4 is 30.7 Å². The second-order valence-electron chi connectivity index (χ2n) is 2.74. The molecular formula is C7H15Cl2NO. The van der Waals surface area contributed by atoms with Crippen molar-refractivity contribution < 1.29 is 4.79 Å². The summed E-state index contributed by atoms with van der Waals surface area (Å²) in [6.45, 7) is 0. The van der Waals surface area contributed by atoms with Crippen LogP contribution in [0.25, 0.3) is 0 Å². The zero-order valence-electron chi connectivity index (χ0n) is 6.41. The predicted molar refractivity (Wildman–Crippen MR) is 50.3 cm³/mol. The normalized spacial score (nSPS) is 17.8. The Balaban J connectivity index is 0. The van der Waals surface area contributed by atoms with E-state index in [9.17, 15) is 4.79 Å². The maximum Gasteiger partial charge on any atom is 0.220 e. The van der Waals surface area contributed by atoms with Gasteiger partial charge in [-0.1, -0.05) is 19.3 Å². The molecule has 2 N–H and O–H groups in total. The second kappa shape index (κ2) is 6.74. The van der Waals surface area contributed by atoms with Crippen molar-refractivity contribution in [2.75, 3.05) is 0 Å². The lowest BCUT2D eigenvalue weighted by molar-refractivity contribution is -0.122. The summed E-state index contributed by atoms with van der Waals surface area (Å²) in [4.78, 5) is 10.6. The fourth-order valence-corrected chi connectivity index (χ4v) is 1.39. The highest BCUT2D eigenvalue weighted by Crippen LogP contribution is 2.22. The summed E-state index contributed by atoms with van der Waals surface area (Å²) in [5.41, 5.74) is 5.13. The highest BCUT2D eigenvalue weighted by molar-refractivity contribution is 5.85. The van der Waals surface area contributed by atoms with E-state index in [1.165, 1.54) is 19.3 Å². The van der Waals surface area contributed by atoms with Crippen LogP contribution in [-0.2, 0) is 4.79 Å². The average molecular weight is 200 g/mol. The monoisotopic (exact) mass is 199 g/mol. The van der Waals surface area contributed by atoms with Crippen LogP contribution in [0.4, 0.5) is 0 Å². The summed E-state index contributed by atoms with van der Waals surface area (Å²) in [5.74, 6) is 0.0912. The van der Waals surface area contributed by atoms with Gasteiger partial charge in [0.15, 0.2) is 0 Å². The molecule has 1 amide bonds. The van der Waals surface area contributed by atoms with Gasteiger partial charge in [-0.25, -0.2) is 0 Å². The number of hydrogen-bond donors (Lipinski definition) is 1. The van der Waals surface area contributed by atoms with Gasteiger partial charge in [0.2, 0.25) is 5.91 Å². The van der Waals surface area contributed by atoms with Crippen molar-refractivity contribution in [1.82, 2.24) is 0 Å². The summed E-state index contributed by atoms with van der Waals surface area (Å²) in [5, 5.41) is 0. The van der Waals surface area contributed by atoms with E-state index in [-0.39, 0.29) is 36.6 Å². The van der Waals surface area contributed by atoms with Gasteiger partial charge in [-0.3, -0.25) is 4.79 Å². The van der Waals surface area contributed by atoms with Gasteiger partial charge in [0.1, 0.15) is 0 Å². The van der Waals surface area contributed by atoms with Crippen LogP contribution in [0.5, 0.6) is 0 Å². The minimum Gasteiger partial charge on any atom is -0.369 e. The van der Waals surface area contributed by atoms with E-state index in [1.54, 1.807) is 0 Å². The lowest BCUT2D eigenvalue weighted by atomic mass is 9.89. The smallest absolute Gasteiger partial charge is 0.220 e. The number of carbonyl (C=O) groups excluding carboxylic acids is 1. The summed E-state index contributed by atoms with van der Waals surface area (Å²) >= 11 is 0. The van der Waals surface area contributed by atoms with Gasteiger partial charge < -0.3 is 5.73 Å². The van der Waals surface area contributed by atoms with E-state index in [0.29, 0.717) is 0 Å². The number of rotatable bonds is 1. The molecule has 0 radical (unpaired) electrons. The van der Waals surface area contributed by atoms with Gasteiger partial charge in [-0.05, 0) is 12.8 Å². The molecule has 0 spiro atoms. The molecule has 68 valence electrons. The van der Waals surface area contributed by atoms with Crippen molar-refractivity contribution in [3.05, 3.63) is 0 Å². The lowest BCUT2D eigenvalue weighted by Crippen LogP contribution is -2.24. The molecule has 0 aromatic rings. The van der Waals surface area contributed by atoms with Gasteiger partial charge in [0, 0.05) is 5.92 Å². The molecule has 0 aliphatic heterocycles. The van der Waals surface area contributed by atoms with Gasteiger partial charge in [-0.15, -0.1) is 24.8 Å². The maximum atomic E-state index is 10.6. The average Bonchev–Trinajstić information content (AvgIpc) is 1.90. The van der Waals surface area contributed by atoms with E-state index in [4.69, 9.17) is 5.73 Å². The van der Waals surface area contributed by atoms with Crippen LogP contribution >= 0.6 is 24.8 Å². The van der Waals surface area contributed by atoms with E-state index < -0.39 is 0 Å². The lowest BCUT2D eigenvalue weighted by Gasteiger charge is -2.17. The molecule has 0 atom stereocenters. The van der Waals surface area contributed by atoms with E-state index in [2.05, 4.69) is 0 Å². The van der Waals surface area contributed by atoms with Crippen LogP contribution < -0.4 is 5.73 Å². The fraction of sp³-hybridized carbons (Fsp3) is 0.857. The molecule has 1 fully saturated rings. The van der Waals surface area contributed by atoms with Crippen LogP contribution in [0.2, 0.25) is 0 Å². The Kier molecular flexibility index (Phi) is 8.35. The first-order valence-corrected chi connectivity index (χ1v) is 3.60. The number of halogens is 2. The van der Waals surface area contributed by atoms with E-state index in [0.717, 1.165) is 12.8 Å². The molecule has 1 aliphatic rings. The number of amides is 1. The number of hydrogen-bond acceptors (Lipinski definition) is 1. The van der Waals surface area contributed by atoms with E-state index in [1.807, 2.05) is 0 Å². The highest BCUT2D eigenvalue weighted by atomic mass is 35.5. The fourth-order valence-electron chi connectivity index (χ4n) is 1.39. The van der Waals surface area contributed by atoms with Gasteiger partial charge in [-0.2, -0.15) is 0 Å². The molecule has 0 heterocycles. The Labute approximate surface area is 79.7 Å². The molecule has 0 saturated heterocycles. The zero-order chi connectivity index (χ0) is 6.69. The Morgan fingerprint density at radius 3 is 1.82 bits per heavy atom. The van der Waals surface area contributed by atoms with Crippen molar-refractivity contribution in [3.8, 4) is 0 Å². The van der Waals surface area contributed by atoms with Crippen LogP contribution in [0, 0.1) is 5.92 Å². The molecule has 1 aliphatic carbocycles. The summed E-state index contributed by atoms with van der Waals surface area (Å²) < 4.78 is 0. The first kappa shape index (κ1) is 13.6. The number of primary amides is 1. The van der Waals surface area contributed by atoms with E-state index >= 15 is 0 Å². The molecule has 0 aromatic heterocycles. The SMILES string of the molecule is Cl.Cl.NC(=O)C1CCCCC1. The Morgan fingerprint density at radius 2 is 1.55 bits per heavy atom. The highest BCUT2D eigenvalue weighted by Gasteiger charge is 2.17. The minimum absolute atomic E-state index is 0. The van der Waals surface area contributed by atoms with Crippen LogP contribution in [0.1, 0.15) is 32.1 Å².